The maximum absolute atomic E-state index is 9.83. The summed E-state index contributed by atoms with van der Waals surface area (Å²) in [7, 11) is 0. The molecule has 0 radical (unpaired) electrons. The second-order valence-corrected chi connectivity index (χ2v) is 4.70. The largest absolute Gasteiger partial charge is 0.491 e. The molecule has 0 aliphatic carbocycles. The highest BCUT2D eigenvalue weighted by Crippen LogP contribution is 2.16. The van der Waals surface area contributed by atoms with Gasteiger partial charge in [0.1, 0.15) is 18.5 Å². The molecule has 1 heterocycles. The standard InChI is InChI=1S/C14H21NO3/c1-11-4-2-3-5-14(11)18-10-13(16)8-15-12-6-7-17-9-12/h2-5,12-13,15-16H,6-10H2,1H3. The number of hydrogen-bond donors (Lipinski definition) is 2. The Balaban J connectivity index is 1.68. The molecule has 2 unspecified atom stereocenters. The number of aliphatic hydroxyl groups excluding tert-OH is 1. The minimum absolute atomic E-state index is 0.311. The predicted octanol–water partition coefficient (Wildman–Crippen LogP) is 1.11. The van der Waals surface area contributed by atoms with Crippen molar-refractivity contribution < 1.29 is 14.6 Å². The summed E-state index contributed by atoms with van der Waals surface area (Å²) < 4.78 is 10.9. The van der Waals surface area contributed by atoms with Gasteiger partial charge in [0.25, 0.3) is 0 Å². The summed E-state index contributed by atoms with van der Waals surface area (Å²) in [5, 5.41) is 13.1. The Bertz CT molecular complexity index is 364. The van der Waals surface area contributed by atoms with E-state index in [-0.39, 0.29) is 0 Å². The highest BCUT2D eigenvalue weighted by Gasteiger charge is 2.16. The first kappa shape index (κ1) is 13.3. The smallest absolute Gasteiger partial charge is 0.122 e. The SMILES string of the molecule is Cc1ccccc1OCC(O)CNC1CCOC1. The molecule has 18 heavy (non-hydrogen) atoms. The van der Waals surface area contributed by atoms with Crippen LogP contribution in [0.5, 0.6) is 5.75 Å². The summed E-state index contributed by atoms with van der Waals surface area (Å²) in [5.74, 6) is 0.834. The molecule has 0 aromatic heterocycles. The third kappa shape index (κ3) is 3.98. The normalized spacial score (nSPS) is 20.9. The topological polar surface area (TPSA) is 50.7 Å². The van der Waals surface area contributed by atoms with Crippen molar-refractivity contribution in [2.24, 2.45) is 0 Å². The molecule has 0 spiro atoms. The van der Waals surface area contributed by atoms with Crippen molar-refractivity contribution in [3.63, 3.8) is 0 Å². The second kappa shape index (κ2) is 6.73. The fourth-order valence-electron chi connectivity index (χ4n) is 1.96. The van der Waals surface area contributed by atoms with Crippen LogP contribution in [0.15, 0.2) is 24.3 Å². The van der Waals surface area contributed by atoms with Crippen LogP contribution in [0.25, 0.3) is 0 Å². The lowest BCUT2D eigenvalue weighted by molar-refractivity contribution is 0.102. The number of para-hydroxylation sites is 1. The molecular formula is C14H21NO3. The van der Waals surface area contributed by atoms with E-state index in [0.717, 1.165) is 30.9 Å². The van der Waals surface area contributed by atoms with Gasteiger partial charge in [0, 0.05) is 19.2 Å². The van der Waals surface area contributed by atoms with E-state index in [9.17, 15) is 5.11 Å². The number of benzene rings is 1. The highest BCUT2D eigenvalue weighted by molar-refractivity contribution is 5.31. The van der Waals surface area contributed by atoms with Crippen LogP contribution in [-0.4, -0.2) is 43.6 Å². The van der Waals surface area contributed by atoms with E-state index >= 15 is 0 Å². The van der Waals surface area contributed by atoms with Crippen molar-refractivity contribution in [1.82, 2.24) is 5.32 Å². The van der Waals surface area contributed by atoms with Crippen LogP contribution in [0.1, 0.15) is 12.0 Å². The fraction of sp³-hybridized carbons (Fsp3) is 0.571. The monoisotopic (exact) mass is 251 g/mol. The average Bonchev–Trinajstić information content (AvgIpc) is 2.88. The van der Waals surface area contributed by atoms with E-state index < -0.39 is 6.10 Å². The Labute approximate surface area is 108 Å². The summed E-state index contributed by atoms with van der Waals surface area (Å²) in [4.78, 5) is 0. The number of rotatable bonds is 6. The molecule has 1 aromatic carbocycles. The maximum atomic E-state index is 9.83. The molecule has 2 atom stereocenters. The molecule has 0 bridgehead atoms. The zero-order valence-electron chi connectivity index (χ0n) is 10.8. The van der Waals surface area contributed by atoms with Gasteiger partial charge in [-0.3, -0.25) is 0 Å². The average molecular weight is 251 g/mol. The van der Waals surface area contributed by atoms with Gasteiger partial charge in [0.05, 0.1) is 6.61 Å². The van der Waals surface area contributed by atoms with Gasteiger partial charge in [-0.15, -0.1) is 0 Å². The van der Waals surface area contributed by atoms with E-state index in [1.807, 2.05) is 31.2 Å². The van der Waals surface area contributed by atoms with Crippen molar-refractivity contribution >= 4 is 0 Å². The minimum atomic E-state index is -0.495. The van der Waals surface area contributed by atoms with Crippen LogP contribution >= 0.6 is 0 Å². The Morgan fingerprint density at radius 1 is 1.50 bits per heavy atom. The molecule has 0 amide bonds. The molecule has 2 N–H and O–H groups in total. The van der Waals surface area contributed by atoms with Crippen molar-refractivity contribution in [3.8, 4) is 5.75 Å². The highest BCUT2D eigenvalue weighted by atomic mass is 16.5. The van der Waals surface area contributed by atoms with Gasteiger partial charge in [-0.1, -0.05) is 18.2 Å². The van der Waals surface area contributed by atoms with Crippen LogP contribution in [0.4, 0.5) is 0 Å². The van der Waals surface area contributed by atoms with Gasteiger partial charge in [0.2, 0.25) is 0 Å². The predicted molar refractivity (Wildman–Crippen MR) is 69.9 cm³/mol. The van der Waals surface area contributed by atoms with Gasteiger partial charge < -0.3 is 19.9 Å². The third-order valence-corrected chi connectivity index (χ3v) is 3.10. The van der Waals surface area contributed by atoms with Gasteiger partial charge in [-0.2, -0.15) is 0 Å². The van der Waals surface area contributed by atoms with Crippen molar-refractivity contribution in [2.75, 3.05) is 26.4 Å². The summed E-state index contributed by atoms with van der Waals surface area (Å²) >= 11 is 0. The van der Waals surface area contributed by atoms with E-state index in [4.69, 9.17) is 9.47 Å². The van der Waals surface area contributed by atoms with Crippen LogP contribution in [0.2, 0.25) is 0 Å². The van der Waals surface area contributed by atoms with E-state index in [1.54, 1.807) is 0 Å². The maximum Gasteiger partial charge on any atom is 0.122 e. The van der Waals surface area contributed by atoms with Crippen LogP contribution in [0.3, 0.4) is 0 Å². The molecule has 2 rings (SSSR count). The molecule has 4 heteroatoms. The summed E-state index contributed by atoms with van der Waals surface area (Å²) in [5.41, 5.74) is 1.09. The lowest BCUT2D eigenvalue weighted by Gasteiger charge is -2.16. The number of aryl methyl sites for hydroxylation is 1. The number of ether oxygens (including phenoxy) is 2. The summed E-state index contributed by atoms with van der Waals surface area (Å²) in [6, 6.07) is 8.19. The molecular weight excluding hydrogens is 230 g/mol. The lowest BCUT2D eigenvalue weighted by atomic mass is 10.2. The summed E-state index contributed by atoms with van der Waals surface area (Å²) in [6.45, 7) is 4.40. The van der Waals surface area contributed by atoms with Crippen LogP contribution in [0, 0.1) is 6.92 Å². The van der Waals surface area contributed by atoms with Crippen LogP contribution in [-0.2, 0) is 4.74 Å². The quantitative estimate of drug-likeness (QED) is 0.795. The van der Waals surface area contributed by atoms with Gasteiger partial charge in [0.15, 0.2) is 0 Å². The Hall–Kier alpha value is -1.10. The van der Waals surface area contributed by atoms with Crippen LogP contribution < -0.4 is 10.1 Å². The molecule has 100 valence electrons. The number of aliphatic hydroxyl groups is 1. The molecule has 1 aliphatic rings. The number of nitrogens with one attached hydrogen (secondary N) is 1. The number of hydrogen-bond acceptors (Lipinski definition) is 4. The molecule has 1 saturated heterocycles. The minimum Gasteiger partial charge on any atom is -0.491 e. The van der Waals surface area contributed by atoms with Crippen molar-refractivity contribution in [2.45, 2.75) is 25.5 Å². The molecule has 1 aromatic rings. The molecule has 0 saturated carbocycles. The van der Waals surface area contributed by atoms with E-state index in [1.165, 1.54) is 0 Å². The van der Waals surface area contributed by atoms with E-state index in [0.29, 0.717) is 19.2 Å². The van der Waals surface area contributed by atoms with Gasteiger partial charge >= 0.3 is 0 Å². The lowest BCUT2D eigenvalue weighted by Crippen LogP contribution is -2.38. The molecule has 1 fully saturated rings. The molecule has 1 aliphatic heterocycles. The van der Waals surface area contributed by atoms with Gasteiger partial charge in [-0.05, 0) is 25.0 Å². The Morgan fingerprint density at radius 2 is 2.33 bits per heavy atom. The molecule has 4 nitrogen and oxygen atoms in total. The zero-order chi connectivity index (χ0) is 12.8. The van der Waals surface area contributed by atoms with E-state index in [2.05, 4.69) is 5.32 Å². The van der Waals surface area contributed by atoms with Crippen molar-refractivity contribution in [3.05, 3.63) is 29.8 Å². The third-order valence-electron chi connectivity index (χ3n) is 3.10. The van der Waals surface area contributed by atoms with Gasteiger partial charge in [-0.25, -0.2) is 0 Å². The Morgan fingerprint density at radius 3 is 3.06 bits per heavy atom. The first-order valence-electron chi connectivity index (χ1n) is 6.43. The zero-order valence-corrected chi connectivity index (χ0v) is 10.8. The van der Waals surface area contributed by atoms with Crippen molar-refractivity contribution in [1.29, 1.82) is 0 Å². The summed E-state index contributed by atoms with van der Waals surface area (Å²) in [6.07, 6.45) is 0.524. The Kier molecular flexibility index (Phi) is 4.99. The second-order valence-electron chi connectivity index (χ2n) is 4.70. The fourth-order valence-corrected chi connectivity index (χ4v) is 1.96. The first-order chi connectivity index (χ1) is 8.75. The first-order valence-corrected chi connectivity index (χ1v) is 6.43.